The number of fused-ring (bicyclic) bond motifs is 1. The Kier molecular flexibility index (Phi) is 0.968. The molecule has 0 spiro atoms. The molecule has 4 atom stereocenters. The van der Waals surface area contributed by atoms with E-state index in [1.807, 2.05) is 0 Å². The van der Waals surface area contributed by atoms with Crippen LogP contribution in [0.3, 0.4) is 0 Å². The molecule has 1 saturated carbocycles. The highest BCUT2D eigenvalue weighted by Crippen LogP contribution is 2.43. The van der Waals surface area contributed by atoms with Gasteiger partial charge in [0.2, 0.25) is 0 Å². The lowest BCUT2D eigenvalue weighted by molar-refractivity contribution is 0.279. The average molecular weight is 140 g/mol. The van der Waals surface area contributed by atoms with Gasteiger partial charge in [-0.25, -0.2) is 0 Å². The van der Waals surface area contributed by atoms with Crippen LogP contribution in [-0.4, -0.2) is 24.9 Å². The summed E-state index contributed by atoms with van der Waals surface area (Å²) in [4.78, 5) is 0. The fourth-order valence-corrected chi connectivity index (χ4v) is 2.10. The third-order valence-electron chi connectivity index (χ3n) is 2.93. The molecule has 1 aliphatic carbocycles. The van der Waals surface area contributed by atoms with Gasteiger partial charge in [-0.3, -0.25) is 0 Å². The van der Waals surface area contributed by atoms with Gasteiger partial charge in [0.15, 0.2) is 0 Å². The molecule has 2 unspecified atom stereocenters. The van der Waals surface area contributed by atoms with Crippen LogP contribution in [-0.2, 0) is 9.47 Å². The van der Waals surface area contributed by atoms with Crippen molar-refractivity contribution < 1.29 is 9.47 Å². The van der Waals surface area contributed by atoms with E-state index in [2.05, 4.69) is 0 Å². The quantitative estimate of drug-likeness (QED) is 0.507. The van der Waals surface area contributed by atoms with Crippen molar-refractivity contribution in [3.05, 3.63) is 0 Å². The van der Waals surface area contributed by atoms with E-state index in [-0.39, 0.29) is 0 Å². The molecular formula is C8H12O2. The van der Waals surface area contributed by atoms with Crippen LogP contribution in [0.5, 0.6) is 0 Å². The number of ether oxygens (including phenoxy) is 2. The lowest BCUT2D eigenvalue weighted by atomic mass is 9.87. The molecule has 10 heavy (non-hydrogen) atoms. The Hall–Kier alpha value is -0.0800. The van der Waals surface area contributed by atoms with E-state index in [1.54, 1.807) is 0 Å². The molecule has 0 N–H and O–H groups in total. The average Bonchev–Trinajstić information content (AvgIpc) is 2.83. The fraction of sp³-hybridized carbons (Fsp3) is 1.00. The topological polar surface area (TPSA) is 25.1 Å². The van der Waals surface area contributed by atoms with Crippen LogP contribution < -0.4 is 0 Å². The molecule has 0 aromatic heterocycles. The van der Waals surface area contributed by atoms with Crippen molar-refractivity contribution in [3.63, 3.8) is 0 Å². The molecule has 0 aromatic rings. The van der Waals surface area contributed by atoms with Gasteiger partial charge in [0.05, 0.1) is 24.9 Å². The molecule has 3 aliphatic rings. The lowest BCUT2D eigenvalue weighted by Gasteiger charge is -2.15. The van der Waals surface area contributed by atoms with Crippen LogP contribution in [0, 0.1) is 5.92 Å². The van der Waals surface area contributed by atoms with Gasteiger partial charge in [-0.05, 0) is 25.2 Å². The third-order valence-corrected chi connectivity index (χ3v) is 2.93. The Balaban J connectivity index is 1.65. The van der Waals surface area contributed by atoms with Crippen LogP contribution in [0.25, 0.3) is 0 Å². The van der Waals surface area contributed by atoms with Gasteiger partial charge >= 0.3 is 0 Å². The highest BCUT2D eigenvalue weighted by molar-refractivity contribution is 4.96. The first-order chi connectivity index (χ1) is 4.93. The van der Waals surface area contributed by atoms with Gasteiger partial charge in [-0.15, -0.1) is 0 Å². The Morgan fingerprint density at radius 2 is 1.90 bits per heavy atom. The standard InChI is InChI=1S/C8H12O2/c1-2-6-7(10-6)3-5(1)8-4-9-8/h5-8H,1-4H2/t5?,6-,7+,8?/m0/s1. The fourth-order valence-electron chi connectivity index (χ4n) is 2.10. The normalized spacial score (nSPS) is 57.6. The first kappa shape index (κ1) is 5.56. The van der Waals surface area contributed by atoms with E-state index >= 15 is 0 Å². The molecule has 0 bridgehead atoms. The van der Waals surface area contributed by atoms with Crippen molar-refractivity contribution >= 4 is 0 Å². The summed E-state index contributed by atoms with van der Waals surface area (Å²) in [5.41, 5.74) is 0. The Morgan fingerprint density at radius 3 is 2.60 bits per heavy atom. The third kappa shape index (κ3) is 0.789. The second kappa shape index (κ2) is 1.74. The van der Waals surface area contributed by atoms with Crippen molar-refractivity contribution in [1.82, 2.24) is 0 Å². The van der Waals surface area contributed by atoms with Crippen LogP contribution in [0.4, 0.5) is 0 Å². The van der Waals surface area contributed by atoms with Crippen LogP contribution in [0.15, 0.2) is 0 Å². The molecule has 2 aliphatic heterocycles. The number of epoxide rings is 2. The van der Waals surface area contributed by atoms with E-state index in [9.17, 15) is 0 Å². The zero-order valence-corrected chi connectivity index (χ0v) is 5.95. The Bertz CT molecular complexity index is 153. The first-order valence-corrected chi connectivity index (χ1v) is 4.20. The van der Waals surface area contributed by atoms with E-state index in [0.717, 1.165) is 12.5 Å². The molecule has 0 aromatic carbocycles. The summed E-state index contributed by atoms with van der Waals surface area (Å²) in [5.74, 6) is 0.837. The van der Waals surface area contributed by atoms with Gasteiger partial charge < -0.3 is 9.47 Å². The predicted molar refractivity (Wildman–Crippen MR) is 35.7 cm³/mol. The second-order valence-corrected chi connectivity index (χ2v) is 3.66. The van der Waals surface area contributed by atoms with Gasteiger partial charge in [0, 0.05) is 0 Å². The molecule has 0 radical (unpaired) electrons. The molecular weight excluding hydrogens is 128 g/mol. The molecule has 0 amide bonds. The van der Waals surface area contributed by atoms with Gasteiger partial charge in [0.1, 0.15) is 0 Å². The van der Waals surface area contributed by atoms with E-state index in [0.29, 0.717) is 18.3 Å². The maximum atomic E-state index is 5.43. The van der Waals surface area contributed by atoms with E-state index < -0.39 is 0 Å². The largest absolute Gasteiger partial charge is 0.373 e. The van der Waals surface area contributed by atoms with Gasteiger partial charge in [-0.1, -0.05) is 0 Å². The summed E-state index contributed by atoms with van der Waals surface area (Å²) in [6.07, 6.45) is 5.79. The molecule has 56 valence electrons. The van der Waals surface area contributed by atoms with Crippen LogP contribution in [0.1, 0.15) is 19.3 Å². The summed E-state index contributed by atoms with van der Waals surface area (Å²) in [5, 5.41) is 0. The smallest absolute Gasteiger partial charge is 0.0845 e. The maximum absolute atomic E-state index is 5.43. The minimum absolute atomic E-state index is 0.616. The van der Waals surface area contributed by atoms with E-state index in [4.69, 9.17) is 9.47 Å². The van der Waals surface area contributed by atoms with Crippen molar-refractivity contribution in [1.29, 1.82) is 0 Å². The minimum atomic E-state index is 0.616. The summed E-state index contributed by atoms with van der Waals surface area (Å²) in [7, 11) is 0. The monoisotopic (exact) mass is 140 g/mol. The number of rotatable bonds is 1. The summed E-state index contributed by atoms with van der Waals surface area (Å²) in [6.45, 7) is 1.02. The van der Waals surface area contributed by atoms with Crippen molar-refractivity contribution in [2.24, 2.45) is 5.92 Å². The summed E-state index contributed by atoms with van der Waals surface area (Å²) >= 11 is 0. The molecule has 2 heterocycles. The summed E-state index contributed by atoms with van der Waals surface area (Å²) < 4.78 is 10.7. The highest BCUT2D eigenvalue weighted by Gasteiger charge is 2.48. The Morgan fingerprint density at radius 1 is 1.00 bits per heavy atom. The predicted octanol–water partition coefficient (Wildman–Crippen LogP) is 0.953. The van der Waals surface area contributed by atoms with Crippen molar-refractivity contribution in [2.75, 3.05) is 6.61 Å². The van der Waals surface area contributed by atoms with Crippen molar-refractivity contribution in [3.8, 4) is 0 Å². The zero-order chi connectivity index (χ0) is 6.55. The summed E-state index contributed by atoms with van der Waals surface area (Å²) in [6, 6.07) is 0. The first-order valence-electron chi connectivity index (χ1n) is 4.20. The molecule has 3 rings (SSSR count). The molecule has 2 heteroatoms. The highest BCUT2D eigenvalue weighted by atomic mass is 16.6. The van der Waals surface area contributed by atoms with Crippen LogP contribution in [0.2, 0.25) is 0 Å². The molecule has 2 nitrogen and oxygen atoms in total. The number of hydrogen-bond donors (Lipinski definition) is 0. The second-order valence-electron chi connectivity index (χ2n) is 3.66. The van der Waals surface area contributed by atoms with Gasteiger partial charge in [-0.2, -0.15) is 0 Å². The minimum Gasteiger partial charge on any atom is -0.373 e. The van der Waals surface area contributed by atoms with E-state index in [1.165, 1.54) is 19.3 Å². The van der Waals surface area contributed by atoms with Gasteiger partial charge in [0.25, 0.3) is 0 Å². The maximum Gasteiger partial charge on any atom is 0.0845 e. The van der Waals surface area contributed by atoms with Crippen molar-refractivity contribution in [2.45, 2.75) is 37.6 Å². The zero-order valence-electron chi connectivity index (χ0n) is 5.95. The molecule has 3 fully saturated rings. The number of hydrogen-bond acceptors (Lipinski definition) is 2. The van der Waals surface area contributed by atoms with Crippen LogP contribution >= 0.6 is 0 Å². The Labute approximate surface area is 60.5 Å². The lowest BCUT2D eigenvalue weighted by Crippen LogP contribution is -2.17. The SMILES string of the molecule is C1C[C@@H]2O[C@@H]2CC1C1CO1. The molecule has 2 saturated heterocycles.